The standard InChI is InChI=1S/C9H17NO/c1-4-9(11)7-8-10(5-2)6-3/h1,9,11H,5-8H2,2-3H3. The molecule has 0 amide bonds. The van der Waals surface area contributed by atoms with Crippen LogP contribution in [0.15, 0.2) is 0 Å². The Bertz CT molecular complexity index is 124. The molecule has 0 aromatic heterocycles. The van der Waals surface area contributed by atoms with Crippen LogP contribution in [-0.4, -0.2) is 35.7 Å². The molecule has 0 fully saturated rings. The van der Waals surface area contributed by atoms with Gasteiger partial charge in [-0.25, -0.2) is 0 Å². The predicted molar refractivity (Wildman–Crippen MR) is 47.2 cm³/mol. The van der Waals surface area contributed by atoms with Crippen molar-refractivity contribution in [2.75, 3.05) is 19.6 Å². The molecule has 0 aliphatic carbocycles. The van der Waals surface area contributed by atoms with Gasteiger partial charge in [-0.05, 0) is 19.5 Å². The monoisotopic (exact) mass is 155 g/mol. The van der Waals surface area contributed by atoms with E-state index in [1.807, 2.05) is 0 Å². The van der Waals surface area contributed by atoms with Gasteiger partial charge in [0.15, 0.2) is 0 Å². The first-order chi connectivity index (χ1) is 5.24. The van der Waals surface area contributed by atoms with Crippen LogP contribution in [0.1, 0.15) is 20.3 Å². The van der Waals surface area contributed by atoms with Crippen molar-refractivity contribution < 1.29 is 5.11 Å². The molecule has 1 atom stereocenters. The minimum absolute atomic E-state index is 0.574. The van der Waals surface area contributed by atoms with Crippen LogP contribution in [0.25, 0.3) is 0 Å². The summed E-state index contributed by atoms with van der Waals surface area (Å²) in [6.07, 6.45) is 5.13. The van der Waals surface area contributed by atoms with Crippen molar-refractivity contribution in [3.63, 3.8) is 0 Å². The molecule has 1 N–H and O–H groups in total. The zero-order valence-corrected chi connectivity index (χ0v) is 7.38. The van der Waals surface area contributed by atoms with E-state index < -0.39 is 6.10 Å². The van der Waals surface area contributed by atoms with E-state index in [2.05, 4.69) is 24.7 Å². The summed E-state index contributed by atoms with van der Waals surface area (Å²) >= 11 is 0. The fraction of sp³-hybridized carbons (Fsp3) is 0.778. The van der Waals surface area contributed by atoms with Gasteiger partial charge in [0.1, 0.15) is 6.10 Å². The van der Waals surface area contributed by atoms with E-state index in [0.717, 1.165) is 19.6 Å². The highest BCUT2D eigenvalue weighted by atomic mass is 16.3. The summed E-state index contributed by atoms with van der Waals surface area (Å²) < 4.78 is 0. The Balaban J connectivity index is 3.44. The minimum Gasteiger partial charge on any atom is -0.380 e. The van der Waals surface area contributed by atoms with Crippen molar-refractivity contribution in [1.82, 2.24) is 4.90 Å². The van der Waals surface area contributed by atoms with Gasteiger partial charge in [-0.1, -0.05) is 19.8 Å². The number of terminal acetylenes is 1. The molecule has 0 heterocycles. The topological polar surface area (TPSA) is 23.5 Å². The molecule has 2 nitrogen and oxygen atoms in total. The highest BCUT2D eigenvalue weighted by Crippen LogP contribution is 1.94. The first kappa shape index (κ1) is 10.5. The van der Waals surface area contributed by atoms with Gasteiger partial charge < -0.3 is 10.0 Å². The van der Waals surface area contributed by atoms with Gasteiger partial charge >= 0.3 is 0 Å². The van der Waals surface area contributed by atoms with Crippen molar-refractivity contribution in [3.8, 4) is 12.3 Å². The van der Waals surface area contributed by atoms with Crippen LogP contribution in [0, 0.1) is 12.3 Å². The summed E-state index contributed by atoms with van der Waals surface area (Å²) in [5.41, 5.74) is 0. The number of nitrogens with zero attached hydrogens (tertiary/aromatic N) is 1. The maximum Gasteiger partial charge on any atom is 0.115 e. The van der Waals surface area contributed by atoms with Crippen molar-refractivity contribution in [2.45, 2.75) is 26.4 Å². The number of aliphatic hydroxyl groups excluding tert-OH is 1. The molecular weight excluding hydrogens is 138 g/mol. The molecule has 0 saturated heterocycles. The maximum absolute atomic E-state index is 9.04. The van der Waals surface area contributed by atoms with Crippen molar-refractivity contribution >= 4 is 0 Å². The molecule has 0 bridgehead atoms. The quantitative estimate of drug-likeness (QED) is 0.591. The Morgan fingerprint density at radius 2 is 2.00 bits per heavy atom. The highest BCUT2D eigenvalue weighted by Gasteiger charge is 2.02. The predicted octanol–water partition coefficient (Wildman–Crippen LogP) is 0.712. The molecule has 0 spiro atoms. The third-order valence-corrected chi connectivity index (χ3v) is 1.81. The molecular formula is C9H17NO. The normalized spacial score (nSPS) is 13.0. The lowest BCUT2D eigenvalue weighted by Crippen LogP contribution is -2.26. The van der Waals surface area contributed by atoms with E-state index in [4.69, 9.17) is 11.5 Å². The van der Waals surface area contributed by atoms with Crippen LogP contribution in [-0.2, 0) is 0 Å². The number of hydrogen-bond acceptors (Lipinski definition) is 2. The second-order valence-corrected chi connectivity index (χ2v) is 2.50. The van der Waals surface area contributed by atoms with E-state index in [9.17, 15) is 0 Å². The number of hydrogen-bond donors (Lipinski definition) is 1. The second kappa shape index (κ2) is 6.21. The lowest BCUT2D eigenvalue weighted by molar-refractivity contribution is 0.190. The molecule has 0 radical (unpaired) electrons. The zero-order chi connectivity index (χ0) is 8.69. The van der Waals surface area contributed by atoms with Crippen LogP contribution < -0.4 is 0 Å². The van der Waals surface area contributed by atoms with Crippen LogP contribution in [0.2, 0.25) is 0 Å². The summed E-state index contributed by atoms with van der Waals surface area (Å²) in [7, 11) is 0. The fourth-order valence-electron chi connectivity index (χ4n) is 0.928. The molecule has 0 rings (SSSR count). The molecule has 2 heteroatoms. The van der Waals surface area contributed by atoms with E-state index >= 15 is 0 Å². The van der Waals surface area contributed by atoms with Gasteiger partial charge in [-0.2, -0.15) is 0 Å². The molecule has 1 unspecified atom stereocenters. The van der Waals surface area contributed by atoms with E-state index in [1.54, 1.807) is 0 Å². The van der Waals surface area contributed by atoms with Gasteiger partial charge in [0.2, 0.25) is 0 Å². The van der Waals surface area contributed by atoms with Gasteiger partial charge in [-0.15, -0.1) is 6.42 Å². The third kappa shape index (κ3) is 4.83. The molecule has 11 heavy (non-hydrogen) atoms. The molecule has 0 saturated carbocycles. The lowest BCUT2D eigenvalue weighted by Gasteiger charge is -2.17. The summed E-state index contributed by atoms with van der Waals surface area (Å²) in [5.74, 6) is 2.30. The first-order valence-electron chi connectivity index (χ1n) is 4.11. The first-order valence-corrected chi connectivity index (χ1v) is 4.11. The van der Waals surface area contributed by atoms with Crippen LogP contribution >= 0.6 is 0 Å². The summed E-state index contributed by atoms with van der Waals surface area (Å²) in [6.45, 7) is 7.14. The molecule has 0 aliphatic heterocycles. The van der Waals surface area contributed by atoms with E-state index in [0.29, 0.717) is 6.42 Å². The summed E-state index contributed by atoms with van der Waals surface area (Å²) in [5, 5.41) is 9.04. The smallest absolute Gasteiger partial charge is 0.115 e. The molecule has 0 aromatic rings. The van der Waals surface area contributed by atoms with E-state index in [-0.39, 0.29) is 0 Å². The van der Waals surface area contributed by atoms with Crippen molar-refractivity contribution in [3.05, 3.63) is 0 Å². The largest absolute Gasteiger partial charge is 0.380 e. The Morgan fingerprint density at radius 3 is 2.36 bits per heavy atom. The average Bonchev–Trinajstić information content (AvgIpc) is 2.06. The Hall–Kier alpha value is -0.520. The number of aliphatic hydroxyl groups is 1. The summed E-state index contributed by atoms with van der Waals surface area (Å²) in [4.78, 5) is 2.24. The lowest BCUT2D eigenvalue weighted by atomic mass is 10.2. The maximum atomic E-state index is 9.04. The number of rotatable bonds is 5. The third-order valence-electron chi connectivity index (χ3n) is 1.81. The fourth-order valence-corrected chi connectivity index (χ4v) is 0.928. The van der Waals surface area contributed by atoms with Crippen LogP contribution in [0.3, 0.4) is 0 Å². The Morgan fingerprint density at radius 1 is 1.45 bits per heavy atom. The van der Waals surface area contributed by atoms with Gasteiger partial charge in [0.25, 0.3) is 0 Å². The second-order valence-electron chi connectivity index (χ2n) is 2.50. The zero-order valence-electron chi connectivity index (χ0n) is 7.38. The molecule has 0 aliphatic rings. The van der Waals surface area contributed by atoms with Crippen LogP contribution in [0.5, 0.6) is 0 Å². The Kier molecular flexibility index (Phi) is 5.91. The van der Waals surface area contributed by atoms with Gasteiger partial charge in [0.05, 0.1) is 0 Å². The Labute approximate surface area is 69.2 Å². The van der Waals surface area contributed by atoms with Gasteiger partial charge in [0, 0.05) is 6.54 Å². The van der Waals surface area contributed by atoms with Crippen molar-refractivity contribution in [2.24, 2.45) is 0 Å². The minimum atomic E-state index is -0.574. The SMILES string of the molecule is C#CC(O)CCN(CC)CC. The van der Waals surface area contributed by atoms with Crippen molar-refractivity contribution in [1.29, 1.82) is 0 Å². The molecule has 64 valence electrons. The van der Waals surface area contributed by atoms with E-state index in [1.165, 1.54) is 0 Å². The highest BCUT2D eigenvalue weighted by molar-refractivity contribution is 4.93. The average molecular weight is 155 g/mol. The summed E-state index contributed by atoms with van der Waals surface area (Å²) in [6, 6.07) is 0. The van der Waals surface area contributed by atoms with Gasteiger partial charge in [-0.3, -0.25) is 0 Å². The molecule has 0 aromatic carbocycles. The van der Waals surface area contributed by atoms with Crippen LogP contribution in [0.4, 0.5) is 0 Å².